The predicted octanol–water partition coefficient (Wildman–Crippen LogP) is 3.28. The number of hydrogen-bond donors (Lipinski definition) is 0. The molecule has 0 spiro atoms. The van der Waals surface area contributed by atoms with Crippen molar-refractivity contribution in [1.82, 2.24) is 15.0 Å². The molecule has 1 aliphatic carbocycles. The zero-order valence-electron chi connectivity index (χ0n) is 11.9. The summed E-state index contributed by atoms with van der Waals surface area (Å²) in [6.07, 6.45) is 4.78. The van der Waals surface area contributed by atoms with Crippen LogP contribution in [0.15, 0.2) is 36.5 Å². The summed E-state index contributed by atoms with van der Waals surface area (Å²) in [5, 5.41) is 8.00. The molecule has 3 rings (SSSR count). The van der Waals surface area contributed by atoms with Crippen molar-refractivity contribution in [3.05, 3.63) is 42.2 Å². The van der Waals surface area contributed by atoms with E-state index >= 15 is 0 Å². The summed E-state index contributed by atoms with van der Waals surface area (Å²) < 4.78 is 1.65. The second-order valence-electron chi connectivity index (χ2n) is 6.16. The van der Waals surface area contributed by atoms with Crippen molar-refractivity contribution in [3.63, 3.8) is 0 Å². The lowest BCUT2D eigenvalue weighted by Crippen LogP contribution is -2.27. The Morgan fingerprint density at radius 3 is 2.70 bits per heavy atom. The molecular weight excluding hydrogens is 250 g/mol. The van der Waals surface area contributed by atoms with Crippen molar-refractivity contribution in [2.75, 3.05) is 0 Å². The van der Waals surface area contributed by atoms with Gasteiger partial charge < -0.3 is 0 Å². The zero-order valence-corrected chi connectivity index (χ0v) is 11.9. The molecule has 104 valence electrons. The molecule has 2 aromatic rings. The number of Topliss-reactive ketones (excluding diaryl/α,β-unsaturated/α-hetero) is 1. The topological polar surface area (TPSA) is 47.8 Å². The summed E-state index contributed by atoms with van der Waals surface area (Å²) in [7, 11) is 0. The van der Waals surface area contributed by atoms with Crippen LogP contribution in [-0.2, 0) is 0 Å². The van der Waals surface area contributed by atoms with Gasteiger partial charge in [-0.3, -0.25) is 4.79 Å². The van der Waals surface area contributed by atoms with E-state index in [0.29, 0.717) is 5.69 Å². The smallest absolute Gasteiger partial charge is 0.186 e. The number of hydrogen-bond acceptors (Lipinski definition) is 3. The lowest BCUT2D eigenvalue weighted by Gasteiger charge is -2.25. The van der Waals surface area contributed by atoms with Gasteiger partial charge in [0.15, 0.2) is 5.78 Å². The molecule has 0 bridgehead atoms. The number of ketones is 1. The average molecular weight is 269 g/mol. The van der Waals surface area contributed by atoms with E-state index in [2.05, 4.69) is 24.2 Å². The largest absolute Gasteiger partial charge is 0.292 e. The molecule has 1 aromatic carbocycles. The first-order chi connectivity index (χ1) is 9.59. The van der Waals surface area contributed by atoms with Crippen LogP contribution in [-0.4, -0.2) is 20.8 Å². The van der Waals surface area contributed by atoms with Crippen LogP contribution in [0, 0.1) is 11.3 Å². The zero-order chi connectivity index (χ0) is 14.2. The van der Waals surface area contributed by atoms with E-state index in [1.54, 1.807) is 10.9 Å². The van der Waals surface area contributed by atoms with Crippen molar-refractivity contribution in [2.45, 2.75) is 33.1 Å². The highest BCUT2D eigenvalue weighted by Crippen LogP contribution is 2.44. The highest BCUT2D eigenvalue weighted by molar-refractivity contribution is 5.97. The van der Waals surface area contributed by atoms with Gasteiger partial charge in [0.05, 0.1) is 11.9 Å². The molecule has 1 aliphatic rings. The molecule has 0 amide bonds. The number of aromatic nitrogens is 3. The first-order valence-electron chi connectivity index (χ1n) is 7.10. The first-order valence-corrected chi connectivity index (χ1v) is 7.10. The summed E-state index contributed by atoms with van der Waals surface area (Å²) in [4.78, 5) is 12.8. The number of nitrogens with zero attached hydrogens (tertiary/aromatic N) is 3. The summed E-state index contributed by atoms with van der Waals surface area (Å²) in [5.41, 5.74) is 1.54. The maximum Gasteiger partial charge on any atom is 0.186 e. The van der Waals surface area contributed by atoms with E-state index in [0.717, 1.165) is 24.9 Å². The minimum atomic E-state index is 0.0723. The summed E-state index contributed by atoms with van der Waals surface area (Å²) in [6.45, 7) is 4.36. The standard InChI is InChI=1S/C16H19N3O/c1-16(2)10-6-9-13(16)15(20)14-11-17-18-19(14)12-7-4-3-5-8-12/h3-5,7-8,11,13H,6,9-10H2,1-2H3. The molecule has 0 radical (unpaired) electrons. The van der Waals surface area contributed by atoms with Gasteiger partial charge in [0, 0.05) is 5.92 Å². The fourth-order valence-electron chi connectivity index (χ4n) is 3.15. The third kappa shape index (κ3) is 2.15. The molecule has 4 nitrogen and oxygen atoms in total. The minimum Gasteiger partial charge on any atom is -0.292 e. The van der Waals surface area contributed by atoms with E-state index in [4.69, 9.17) is 0 Å². The van der Waals surface area contributed by atoms with Gasteiger partial charge in [0.25, 0.3) is 0 Å². The van der Waals surface area contributed by atoms with Crippen molar-refractivity contribution < 1.29 is 4.79 Å². The van der Waals surface area contributed by atoms with Gasteiger partial charge in [-0.25, -0.2) is 4.68 Å². The molecule has 20 heavy (non-hydrogen) atoms. The van der Waals surface area contributed by atoms with Crippen molar-refractivity contribution in [3.8, 4) is 5.69 Å². The second kappa shape index (κ2) is 4.85. The molecule has 0 aliphatic heterocycles. The number of benzene rings is 1. The number of para-hydroxylation sites is 1. The van der Waals surface area contributed by atoms with Gasteiger partial charge in [-0.15, -0.1) is 5.10 Å². The molecule has 1 saturated carbocycles. The monoisotopic (exact) mass is 269 g/mol. The van der Waals surface area contributed by atoms with Crippen molar-refractivity contribution in [1.29, 1.82) is 0 Å². The van der Waals surface area contributed by atoms with Gasteiger partial charge in [-0.1, -0.05) is 43.7 Å². The molecule has 1 fully saturated rings. The van der Waals surface area contributed by atoms with Crippen molar-refractivity contribution in [2.24, 2.45) is 11.3 Å². The maximum absolute atomic E-state index is 12.8. The number of carbonyl (C=O) groups excluding carboxylic acids is 1. The number of carbonyl (C=O) groups is 1. The normalized spacial score (nSPS) is 21.0. The molecule has 1 atom stereocenters. The van der Waals surface area contributed by atoms with Crippen LogP contribution in [0.25, 0.3) is 5.69 Å². The SMILES string of the molecule is CC1(C)CCCC1C(=O)c1cnnn1-c1ccccc1. The van der Waals surface area contributed by atoms with E-state index in [1.807, 2.05) is 30.3 Å². The van der Waals surface area contributed by atoms with Crippen LogP contribution >= 0.6 is 0 Å². The van der Waals surface area contributed by atoms with Crippen LogP contribution in [0.1, 0.15) is 43.6 Å². The number of rotatable bonds is 3. The van der Waals surface area contributed by atoms with E-state index in [9.17, 15) is 4.79 Å². The van der Waals surface area contributed by atoms with Crippen LogP contribution in [0.4, 0.5) is 0 Å². The summed E-state index contributed by atoms with van der Waals surface area (Å²) >= 11 is 0. The molecular formula is C16H19N3O. The Hall–Kier alpha value is -1.97. The third-order valence-corrected chi connectivity index (χ3v) is 4.38. The van der Waals surface area contributed by atoms with E-state index in [-0.39, 0.29) is 17.1 Å². The minimum absolute atomic E-state index is 0.0723. The molecule has 4 heteroatoms. The molecule has 1 aromatic heterocycles. The lowest BCUT2D eigenvalue weighted by atomic mass is 9.78. The Bertz CT molecular complexity index is 616. The average Bonchev–Trinajstić information content (AvgIpc) is 3.05. The Morgan fingerprint density at radius 1 is 1.30 bits per heavy atom. The van der Waals surface area contributed by atoms with Gasteiger partial charge in [0.1, 0.15) is 5.69 Å². The molecule has 1 unspecified atom stereocenters. The van der Waals surface area contributed by atoms with Gasteiger partial charge in [0.2, 0.25) is 0 Å². The van der Waals surface area contributed by atoms with Crippen molar-refractivity contribution >= 4 is 5.78 Å². The Balaban J connectivity index is 1.96. The van der Waals surface area contributed by atoms with Gasteiger partial charge in [-0.2, -0.15) is 0 Å². The third-order valence-electron chi connectivity index (χ3n) is 4.38. The van der Waals surface area contributed by atoms with Crippen LogP contribution < -0.4 is 0 Å². The quantitative estimate of drug-likeness (QED) is 0.803. The van der Waals surface area contributed by atoms with Crippen LogP contribution in [0.5, 0.6) is 0 Å². The molecule has 0 saturated heterocycles. The fraction of sp³-hybridized carbons (Fsp3) is 0.438. The van der Waals surface area contributed by atoms with Gasteiger partial charge >= 0.3 is 0 Å². The van der Waals surface area contributed by atoms with Gasteiger partial charge in [-0.05, 0) is 30.4 Å². The lowest BCUT2D eigenvalue weighted by molar-refractivity contribution is 0.0830. The van der Waals surface area contributed by atoms with Crippen LogP contribution in [0.2, 0.25) is 0 Å². The highest BCUT2D eigenvalue weighted by Gasteiger charge is 2.40. The highest BCUT2D eigenvalue weighted by atomic mass is 16.1. The predicted molar refractivity (Wildman–Crippen MR) is 76.8 cm³/mol. The Kier molecular flexibility index (Phi) is 3.16. The Labute approximate surface area is 118 Å². The van der Waals surface area contributed by atoms with Crippen LogP contribution in [0.3, 0.4) is 0 Å². The maximum atomic E-state index is 12.8. The molecule has 1 heterocycles. The fourth-order valence-corrected chi connectivity index (χ4v) is 3.15. The van der Waals surface area contributed by atoms with E-state index < -0.39 is 0 Å². The first kappa shape index (κ1) is 13.0. The second-order valence-corrected chi connectivity index (χ2v) is 6.16. The summed E-state index contributed by atoms with van der Waals surface area (Å²) in [5.74, 6) is 0.241. The molecule has 0 N–H and O–H groups in total. The Morgan fingerprint density at radius 2 is 2.05 bits per heavy atom. The summed E-state index contributed by atoms with van der Waals surface area (Å²) in [6, 6.07) is 9.69. The van der Waals surface area contributed by atoms with E-state index in [1.165, 1.54) is 0 Å².